The molecule has 3 aliphatic heterocycles. The van der Waals surface area contributed by atoms with Crippen LogP contribution in [0.1, 0.15) is 36.8 Å². The Balaban J connectivity index is 1.14. The van der Waals surface area contributed by atoms with E-state index in [9.17, 15) is 22.7 Å². The molecule has 206 valence electrons. The second-order valence-corrected chi connectivity index (χ2v) is 12.6. The maximum absolute atomic E-state index is 14.9. The average Bonchev–Trinajstić information content (AvgIpc) is 2.93. The molecule has 1 saturated carbocycles. The third-order valence-corrected chi connectivity index (χ3v) is 9.95. The number of nitrogens with zero attached hydrogens (tertiary/aromatic N) is 2. The maximum Gasteiger partial charge on any atom is 0.239 e. The zero-order valence-electron chi connectivity index (χ0n) is 21.4. The van der Waals surface area contributed by atoms with Crippen LogP contribution in [0.2, 0.25) is 0 Å². The van der Waals surface area contributed by atoms with Gasteiger partial charge >= 0.3 is 0 Å². The van der Waals surface area contributed by atoms with Crippen LogP contribution >= 0.6 is 0 Å². The lowest BCUT2D eigenvalue weighted by Gasteiger charge is -2.55. The predicted molar refractivity (Wildman–Crippen MR) is 140 cm³/mol. The summed E-state index contributed by atoms with van der Waals surface area (Å²) in [5, 5.41) is 17.5. The van der Waals surface area contributed by atoms with Crippen molar-refractivity contribution in [2.45, 2.75) is 60.8 Å². The number of nitrogens with one attached hydrogen (secondary N) is 2. The second-order valence-electron chi connectivity index (χ2n) is 10.7. The quantitative estimate of drug-likeness (QED) is 0.400. The molecule has 1 amide bonds. The maximum atomic E-state index is 14.9. The number of fused-ring (bicyclic) bond motifs is 5. The van der Waals surface area contributed by atoms with Crippen LogP contribution in [0.3, 0.4) is 0 Å². The Bertz CT molecular complexity index is 1560. The standard InChI is InChI=1S/C27H29FN4O6S/c1-37-24-5-3-19-25(32-24)17(18(28)13-29-19)11-22(33)27-8-6-26(7-9-27,15-38-27)30-12-16-2-4-21-20(10-16)31-23(34)14-39(21,35)36/h2-5,10,13,22,30,33H,6-9,11-12,14-15H2,1H3,(H,31,34)/t22-,26?,27?/m0/s1. The zero-order valence-corrected chi connectivity index (χ0v) is 22.2. The Labute approximate surface area is 224 Å². The minimum atomic E-state index is -3.62. The van der Waals surface area contributed by atoms with Crippen LogP contribution < -0.4 is 15.4 Å². The number of rotatable bonds is 7. The first-order valence-electron chi connectivity index (χ1n) is 12.8. The molecular weight excluding hydrogens is 527 g/mol. The van der Waals surface area contributed by atoms with Crippen molar-refractivity contribution in [1.29, 1.82) is 0 Å². The van der Waals surface area contributed by atoms with Crippen molar-refractivity contribution in [1.82, 2.24) is 15.3 Å². The Morgan fingerprint density at radius 2 is 2.03 bits per heavy atom. The molecular formula is C27H29FN4O6S. The average molecular weight is 557 g/mol. The van der Waals surface area contributed by atoms with Crippen LogP contribution in [0.4, 0.5) is 10.1 Å². The molecule has 12 heteroatoms. The Morgan fingerprint density at radius 1 is 1.23 bits per heavy atom. The molecule has 3 N–H and O–H groups in total. The number of benzene rings is 1. The van der Waals surface area contributed by atoms with Gasteiger partial charge in [0.05, 0.1) is 53.2 Å². The van der Waals surface area contributed by atoms with Gasteiger partial charge < -0.3 is 25.2 Å². The molecule has 1 aromatic carbocycles. The fourth-order valence-corrected chi connectivity index (χ4v) is 7.22. The summed E-state index contributed by atoms with van der Waals surface area (Å²) in [6.07, 6.45) is 2.96. The van der Waals surface area contributed by atoms with Crippen LogP contribution in [-0.2, 0) is 32.3 Å². The van der Waals surface area contributed by atoms with Crippen molar-refractivity contribution >= 4 is 32.5 Å². The molecule has 7 rings (SSSR count). The van der Waals surface area contributed by atoms with E-state index in [1.807, 2.05) is 0 Å². The fraction of sp³-hybridized carbons (Fsp3) is 0.444. The normalized spacial score (nSPS) is 26.2. The number of amides is 1. The van der Waals surface area contributed by atoms with E-state index >= 15 is 0 Å². The number of carbonyl (C=O) groups excluding carboxylic acids is 1. The number of hydrogen-bond acceptors (Lipinski definition) is 9. The van der Waals surface area contributed by atoms with E-state index in [2.05, 4.69) is 20.6 Å². The SMILES string of the molecule is COc1ccc2ncc(F)c(C[C@H](O)C34CCC(NCc5ccc6c(c5)NC(=O)CS6(=O)=O)(CC3)CO4)c2n1. The first-order chi connectivity index (χ1) is 18.6. The number of hydrogen-bond donors (Lipinski definition) is 3. The molecule has 1 atom stereocenters. The summed E-state index contributed by atoms with van der Waals surface area (Å²) in [7, 11) is -2.14. The van der Waals surface area contributed by atoms with E-state index < -0.39 is 39.0 Å². The predicted octanol–water partition coefficient (Wildman–Crippen LogP) is 2.28. The molecule has 2 aromatic heterocycles. The van der Waals surface area contributed by atoms with Gasteiger partial charge in [0.15, 0.2) is 9.84 Å². The molecule has 4 aliphatic rings. The van der Waals surface area contributed by atoms with Crippen molar-refractivity contribution in [2.75, 3.05) is 24.8 Å². The van der Waals surface area contributed by atoms with E-state index in [0.717, 1.165) is 24.6 Å². The smallest absolute Gasteiger partial charge is 0.239 e. The number of aliphatic hydroxyl groups excluding tert-OH is 1. The summed E-state index contributed by atoms with van der Waals surface area (Å²) in [4.78, 5) is 20.4. The summed E-state index contributed by atoms with van der Waals surface area (Å²) in [6, 6.07) is 8.33. The summed E-state index contributed by atoms with van der Waals surface area (Å²) in [5.74, 6) is -1.27. The highest BCUT2D eigenvalue weighted by molar-refractivity contribution is 7.92. The van der Waals surface area contributed by atoms with Gasteiger partial charge in [0.1, 0.15) is 11.6 Å². The molecule has 3 aromatic rings. The molecule has 2 bridgehead atoms. The number of pyridine rings is 2. The van der Waals surface area contributed by atoms with Crippen molar-refractivity contribution in [2.24, 2.45) is 0 Å². The highest BCUT2D eigenvalue weighted by Crippen LogP contribution is 2.46. The van der Waals surface area contributed by atoms with Crippen molar-refractivity contribution in [3.63, 3.8) is 0 Å². The van der Waals surface area contributed by atoms with Gasteiger partial charge in [0.25, 0.3) is 0 Å². The van der Waals surface area contributed by atoms with Gasteiger partial charge in [-0.1, -0.05) is 6.07 Å². The van der Waals surface area contributed by atoms with E-state index in [1.54, 1.807) is 24.3 Å². The molecule has 2 saturated heterocycles. The topological polar surface area (TPSA) is 140 Å². The van der Waals surface area contributed by atoms with Gasteiger partial charge in [0.2, 0.25) is 11.8 Å². The number of sulfone groups is 1. The van der Waals surface area contributed by atoms with Gasteiger partial charge in [0, 0.05) is 30.1 Å². The third-order valence-electron chi connectivity index (χ3n) is 8.28. The minimum Gasteiger partial charge on any atom is -0.481 e. The first kappa shape index (κ1) is 26.1. The summed E-state index contributed by atoms with van der Waals surface area (Å²) in [6.45, 7) is 0.843. The van der Waals surface area contributed by atoms with E-state index in [0.29, 0.717) is 48.6 Å². The van der Waals surface area contributed by atoms with Crippen molar-refractivity contribution in [3.05, 3.63) is 53.5 Å². The Hall–Kier alpha value is -3.19. The van der Waals surface area contributed by atoms with Crippen LogP contribution in [0.5, 0.6) is 5.88 Å². The number of aromatic nitrogens is 2. The van der Waals surface area contributed by atoms with Crippen LogP contribution in [-0.4, -0.2) is 66.1 Å². The van der Waals surface area contributed by atoms with E-state index in [1.165, 1.54) is 13.2 Å². The lowest BCUT2D eigenvalue weighted by atomic mass is 9.68. The van der Waals surface area contributed by atoms with Crippen LogP contribution in [0.15, 0.2) is 41.4 Å². The van der Waals surface area contributed by atoms with Crippen LogP contribution in [0, 0.1) is 5.82 Å². The van der Waals surface area contributed by atoms with Crippen LogP contribution in [0.25, 0.3) is 11.0 Å². The summed E-state index contributed by atoms with van der Waals surface area (Å²) >= 11 is 0. The second kappa shape index (κ2) is 9.47. The number of anilines is 1. The molecule has 0 unspecified atom stereocenters. The lowest BCUT2D eigenvalue weighted by Crippen LogP contribution is -2.65. The summed E-state index contributed by atoms with van der Waals surface area (Å²) < 4.78 is 50.9. The minimum absolute atomic E-state index is 0.0369. The zero-order chi connectivity index (χ0) is 27.4. The molecule has 0 spiro atoms. The van der Waals surface area contributed by atoms with E-state index in [4.69, 9.17) is 9.47 Å². The molecule has 5 heterocycles. The molecule has 1 aliphatic carbocycles. The van der Waals surface area contributed by atoms with Gasteiger partial charge in [-0.05, 0) is 49.4 Å². The van der Waals surface area contributed by atoms with E-state index in [-0.39, 0.29) is 22.4 Å². The van der Waals surface area contributed by atoms with Gasteiger partial charge in [-0.3, -0.25) is 9.78 Å². The largest absolute Gasteiger partial charge is 0.481 e. The Morgan fingerprint density at radius 3 is 2.74 bits per heavy atom. The fourth-order valence-electron chi connectivity index (χ4n) is 5.93. The number of carbonyl (C=O) groups is 1. The summed E-state index contributed by atoms with van der Waals surface area (Å²) in [5.41, 5.74) is 1.23. The molecule has 3 fully saturated rings. The number of aliphatic hydroxyl groups is 1. The van der Waals surface area contributed by atoms with Gasteiger partial charge in [-0.2, -0.15) is 0 Å². The highest BCUT2D eigenvalue weighted by atomic mass is 32.2. The number of halogens is 1. The number of ether oxygens (including phenoxy) is 2. The highest BCUT2D eigenvalue weighted by Gasteiger charge is 2.53. The molecule has 0 radical (unpaired) electrons. The molecule has 39 heavy (non-hydrogen) atoms. The van der Waals surface area contributed by atoms with Gasteiger partial charge in [-0.25, -0.2) is 17.8 Å². The Kier molecular flexibility index (Phi) is 6.33. The van der Waals surface area contributed by atoms with Gasteiger partial charge in [-0.15, -0.1) is 0 Å². The van der Waals surface area contributed by atoms with Crippen molar-refractivity contribution < 1.29 is 32.2 Å². The third kappa shape index (κ3) is 4.65. The van der Waals surface area contributed by atoms with Crippen molar-refractivity contribution in [3.8, 4) is 5.88 Å². The monoisotopic (exact) mass is 556 g/mol. The number of methoxy groups -OCH3 is 1. The molecule has 10 nitrogen and oxygen atoms in total. The first-order valence-corrected chi connectivity index (χ1v) is 14.5. The lowest BCUT2D eigenvalue weighted by molar-refractivity contribution is -0.208.